The summed E-state index contributed by atoms with van der Waals surface area (Å²) in [6.45, 7) is 0. The zero-order valence-corrected chi connectivity index (χ0v) is 11.5. The Morgan fingerprint density at radius 2 is 1.74 bits per heavy atom. The van der Waals surface area contributed by atoms with Crippen molar-refractivity contribution in [3.05, 3.63) is 0 Å². The molecule has 0 radical (unpaired) electrons. The summed E-state index contributed by atoms with van der Waals surface area (Å²) in [5.41, 5.74) is 1.10. The van der Waals surface area contributed by atoms with Gasteiger partial charge in [0, 0.05) is 0 Å². The summed E-state index contributed by atoms with van der Waals surface area (Å²) in [6, 6.07) is 0. The van der Waals surface area contributed by atoms with Gasteiger partial charge in [-0.05, 0) is 0 Å². The molecule has 4 aliphatic heterocycles. The third-order valence-corrected chi connectivity index (χ3v) is 5.31. The van der Waals surface area contributed by atoms with Gasteiger partial charge >= 0.3 is 5.97 Å². The second-order valence-corrected chi connectivity index (χ2v) is 6.33. The number of nitrogens with zero attached hydrogens (tertiary/aromatic N) is 1. The molecule has 12 heteroatoms. The molecule has 4 fully saturated rings. The van der Waals surface area contributed by atoms with Crippen LogP contribution in [0.1, 0.15) is 0 Å². The molecule has 1 aliphatic carbocycles. The van der Waals surface area contributed by atoms with E-state index in [4.69, 9.17) is 15.2 Å². The van der Waals surface area contributed by atoms with Crippen LogP contribution < -0.4 is 11.1 Å². The highest BCUT2D eigenvalue weighted by molar-refractivity contribution is 5.80. The Balaban J connectivity index is 1.95. The van der Waals surface area contributed by atoms with Gasteiger partial charge in [-0.1, -0.05) is 0 Å². The van der Waals surface area contributed by atoms with Crippen LogP contribution in [0.3, 0.4) is 0 Å². The summed E-state index contributed by atoms with van der Waals surface area (Å²) in [6.07, 6.45) is -11.1. The van der Waals surface area contributed by atoms with Crippen molar-refractivity contribution in [1.29, 1.82) is 0 Å². The number of aliphatic hydroxyl groups is 7. The quantitative estimate of drug-likeness (QED) is 0.206. The molecular formula is C11H17N3O9. The van der Waals surface area contributed by atoms with Crippen LogP contribution in [0, 0.1) is 5.92 Å². The van der Waals surface area contributed by atoms with E-state index in [1.54, 1.807) is 0 Å². The van der Waals surface area contributed by atoms with Crippen LogP contribution in [0.2, 0.25) is 0 Å². The second kappa shape index (κ2) is 4.11. The molecule has 1 saturated carbocycles. The molecule has 1 spiro atoms. The normalized spacial score (nSPS) is 60.4. The summed E-state index contributed by atoms with van der Waals surface area (Å²) >= 11 is 0. The molecule has 9 atom stereocenters. The fourth-order valence-electron chi connectivity index (χ4n) is 4.29. The van der Waals surface area contributed by atoms with Crippen LogP contribution in [-0.2, 0) is 9.47 Å². The van der Waals surface area contributed by atoms with E-state index in [0.717, 1.165) is 0 Å². The Labute approximate surface area is 128 Å². The number of aliphatic imine (C=N–C) groups is 1. The monoisotopic (exact) mass is 335 g/mol. The van der Waals surface area contributed by atoms with Crippen molar-refractivity contribution in [1.82, 2.24) is 5.32 Å². The van der Waals surface area contributed by atoms with Crippen molar-refractivity contribution in [3.8, 4) is 0 Å². The Bertz CT molecular complexity index is 589. The molecule has 10 N–H and O–H groups in total. The SMILES string of the molecule is NC1=N[C@H](O)[C@H]2[C@H]3OC4(O)OC([C@@H](O)[C@@]2(N1)[C@@H]4O)[C@]3(O)C(O)O. The summed E-state index contributed by atoms with van der Waals surface area (Å²) in [5.74, 6) is -4.31. The van der Waals surface area contributed by atoms with E-state index < -0.39 is 60.0 Å². The minimum Gasteiger partial charge on any atom is -0.388 e. The maximum Gasteiger partial charge on any atom is 0.311 e. The molecule has 3 saturated heterocycles. The smallest absolute Gasteiger partial charge is 0.311 e. The van der Waals surface area contributed by atoms with Crippen molar-refractivity contribution in [3.63, 3.8) is 0 Å². The fraction of sp³-hybridized carbons (Fsp3) is 0.909. The van der Waals surface area contributed by atoms with E-state index in [0.29, 0.717) is 0 Å². The van der Waals surface area contributed by atoms with Gasteiger partial charge in [-0.2, -0.15) is 0 Å². The summed E-state index contributed by atoms with van der Waals surface area (Å²) < 4.78 is 10.1. The average molecular weight is 335 g/mol. The van der Waals surface area contributed by atoms with Gasteiger partial charge in [0.25, 0.3) is 0 Å². The van der Waals surface area contributed by atoms with Crippen LogP contribution in [-0.4, -0.2) is 95.8 Å². The van der Waals surface area contributed by atoms with Crippen molar-refractivity contribution < 1.29 is 45.2 Å². The van der Waals surface area contributed by atoms with E-state index in [1.165, 1.54) is 0 Å². The zero-order valence-electron chi connectivity index (χ0n) is 11.5. The number of hydrogen-bond donors (Lipinski definition) is 9. The van der Waals surface area contributed by atoms with E-state index in [1.807, 2.05) is 0 Å². The minimum atomic E-state index is -2.64. The number of hydrogen-bond acceptors (Lipinski definition) is 12. The maximum absolute atomic E-state index is 10.6. The number of guanidine groups is 1. The molecule has 4 bridgehead atoms. The third kappa shape index (κ3) is 1.45. The fourth-order valence-corrected chi connectivity index (χ4v) is 4.29. The standard InChI is InChI=1S/C11H17N3O9/c12-8-13-5(16)1-3-10(20,7(18)19)4-2(15)9(1,14-8)6(17)11(21,22-3)23-4/h1-7,15-21H,(H3,12,13,14)/t1-,2-,3-,4?,5-,6+,9-,10+,11?/m1/s1. The summed E-state index contributed by atoms with van der Waals surface area (Å²) in [5, 5.41) is 73.9. The van der Waals surface area contributed by atoms with E-state index in [9.17, 15) is 35.7 Å². The van der Waals surface area contributed by atoms with Crippen molar-refractivity contribution in [2.45, 2.75) is 54.0 Å². The minimum absolute atomic E-state index is 0.314. The molecule has 0 aromatic carbocycles. The first-order chi connectivity index (χ1) is 10.6. The first kappa shape index (κ1) is 15.4. The molecule has 130 valence electrons. The predicted molar refractivity (Wildman–Crippen MR) is 66.9 cm³/mol. The summed E-state index contributed by atoms with van der Waals surface area (Å²) in [7, 11) is 0. The molecule has 5 aliphatic rings. The number of ether oxygens (including phenoxy) is 2. The van der Waals surface area contributed by atoms with Gasteiger partial charge in [0.2, 0.25) is 0 Å². The van der Waals surface area contributed by atoms with Gasteiger partial charge in [-0.3, -0.25) is 0 Å². The molecule has 4 heterocycles. The van der Waals surface area contributed by atoms with Gasteiger partial charge in [-0.25, -0.2) is 4.99 Å². The lowest BCUT2D eigenvalue weighted by atomic mass is 9.54. The second-order valence-electron chi connectivity index (χ2n) is 6.33. The molecular weight excluding hydrogens is 318 g/mol. The van der Waals surface area contributed by atoms with Gasteiger partial charge in [0.1, 0.15) is 23.9 Å². The molecule has 5 rings (SSSR count). The first-order valence-electron chi connectivity index (χ1n) is 6.91. The number of aliphatic hydroxyl groups excluding tert-OH is 4. The number of nitrogens with one attached hydrogen (secondary N) is 1. The lowest BCUT2D eigenvalue weighted by molar-refractivity contribution is -0.557. The lowest BCUT2D eigenvalue weighted by Crippen LogP contribution is -2.96. The van der Waals surface area contributed by atoms with Crippen LogP contribution in [0.5, 0.6) is 0 Å². The molecule has 23 heavy (non-hydrogen) atoms. The zero-order chi connectivity index (χ0) is 16.9. The van der Waals surface area contributed by atoms with Crippen LogP contribution in [0.25, 0.3) is 0 Å². The molecule has 0 amide bonds. The largest absolute Gasteiger partial charge is 0.388 e. The third-order valence-electron chi connectivity index (χ3n) is 5.31. The molecule has 0 aromatic heterocycles. The highest BCUT2D eigenvalue weighted by Gasteiger charge is 2.84. The highest BCUT2D eigenvalue weighted by Crippen LogP contribution is 2.59. The van der Waals surface area contributed by atoms with E-state index in [-0.39, 0.29) is 5.96 Å². The van der Waals surface area contributed by atoms with Crippen LogP contribution in [0.4, 0.5) is 0 Å². The Morgan fingerprint density at radius 3 is 2.35 bits per heavy atom. The van der Waals surface area contributed by atoms with Gasteiger partial charge in [-0.15, -0.1) is 0 Å². The molecule has 2 unspecified atom stereocenters. The van der Waals surface area contributed by atoms with Gasteiger partial charge < -0.3 is 56.3 Å². The number of rotatable bonds is 1. The molecule has 12 nitrogen and oxygen atoms in total. The van der Waals surface area contributed by atoms with E-state index in [2.05, 4.69) is 10.3 Å². The van der Waals surface area contributed by atoms with Crippen LogP contribution >= 0.6 is 0 Å². The maximum atomic E-state index is 10.6. The van der Waals surface area contributed by atoms with Crippen molar-refractivity contribution in [2.24, 2.45) is 16.6 Å². The average Bonchev–Trinajstić information content (AvgIpc) is 2.44. The van der Waals surface area contributed by atoms with Gasteiger partial charge in [0.15, 0.2) is 30.2 Å². The van der Waals surface area contributed by atoms with Crippen molar-refractivity contribution in [2.75, 3.05) is 0 Å². The number of nitrogens with two attached hydrogens (primary N) is 1. The van der Waals surface area contributed by atoms with E-state index >= 15 is 0 Å². The first-order valence-corrected chi connectivity index (χ1v) is 6.91. The Hall–Kier alpha value is -1.09. The molecule has 0 aromatic rings. The Morgan fingerprint density at radius 1 is 1.13 bits per heavy atom. The summed E-state index contributed by atoms with van der Waals surface area (Å²) in [4.78, 5) is 3.64. The predicted octanol–water partition coefficient (Wildman–Crippen LogP) is -6.20. The van der Waals surface area contributed by atoms with Crippen LogP contribution in [0.15, 0.2) is 4.99 Å². The lowest BCUT2D eigenvalue weighted by Gasteiger charge is -2.71. The highest BCUT2D eigenvalue weighted by atomic mass is 16.9. The Kier molecular flexibility index (Phi) is 2.76. The van der Waals surface area contributed by atoms with Gasteiger partial charge in [0.05, 0.1) is 5.92 Å². The topological polar surface area (TPSA) is 210 Å². The van der Waals surface area contributed by atoms with Crippen molar-refractivity contribution >= 4 is 5.96 Å².